The lowest BCUT2D eigenvalue weighted by atomic mass is 10.1. The molecule has 1 unspecified atom stereocenters. The predicted octanol–water partition coefficient (Wildman–Crippen LogP) is 7.00. The van der Waals surface area contributed by atoms with Crippen molar-refractivity contribution < 1.29 is 28.6 Å². The Balaban J connectivity index is 1.52. The first kappa shape index (κ1) is 33.2. The molecule has 45 heavy (non-hydrogen) atoms. The van der Waals surface area contributed by atoms with Crippen molar-refractivity contribution in [2.45, 2.75) is 17.1 Å². The van der Waals surface area contributed by atoms with Gasteiger partial charge < -0.3 is 30.2 Å². The van der Waals surface area contributed by atoms with Gasteiger partial charge in [-0.05, 0) is 79.7 Å². The van der Waals surface area contributed by atoms with Gasteiger partial charge in [-0.15, -0.1) is 11.8 Å². The van der Waals surface area contributed by atoms with Crippen LogP contribution < -0.4 is 30.2 Å². The third kappa shape index (κ3) is 9.13. The first-order valence-corrected chi connectivity index (χ1v) is 15.4. The smallest absolute Gasteiger partial charge is 0.272 e. The number of methoxy groups -OCH3 is 3. The van der Waals surface area contributed by atoms with Gasteiger partial charge in [-0.1, -0.05) is 34.1 Å². The zero-order valence-electron chi connectivity index (χ0n) is 25.1. The summed E-state index contributed by atoms with van der Waals surface area (Å²) >= 11 is 4.77. The van der Waals surface area contributed by atoms with E-state index in [0.717, 1.165) is 9.37 Å². The van der Waals surface area contributed by atoms with Crippen LogP contribution in [0.2, 0.25) is 0 Å². The first-order valence-electron chi connectivity index (χ1n) is 13.7. The van der Waals surface area contributed by atoms with Crippen molar-refractivity contribution >= 4 is 62.9 Å². The van der Waals surface area contributed by atoms with Crippen molar-refractivity contribution in [1.82, 2.24) is 5.32 Å². The monoisotopic (exact) mass is 689 g/mol. The normalized spacial score (nSPS) is 11.6. The molecule has 1 atom stereocenters. The van der Waals surface area contributed by atoms with Gasteiger partial charge in [0.15, 0.2) is 11.5 Å². The largest absolute Gasteiger partial charge is 0.496 e. The van der Waals surface area contributed by atoms with Crippen molar-refractivity contribution in [1.29, 1.82) is 0 Å². The van der Waals surface area contributed by atoms with Crippen LogP contribution in [0.25, 0.3) is 6.08 Å². The van der Waals surface area contributed by atoms with Crippen LogP contribution in [0.1, 0.15) is 22.8 Å². The Labute approximate surface area is 274 Å². The van der Waals surface area contributed by atoms with Gasteiger partial charge in [0, 0.05) is 37.9 Å². The zero-order chi connectivity index (χ0) is 32.3. The highest BCUT2D eigenvalue weighted by atomic mass is 79.9. The SMILES string of the molecule is COc1cc(OC)c(OC)cc1/C=C(\NC(=O)c1ccccc1)C(=O)Nc1ccc(SC(C)C(=O)Nc2ccc(Br)cc2)cc1. The molecule has 0 fully saturated rings. The molecule has 4 aromatic carbocycles. The number of thioether (sulfide) groups is 1. The minimum Gasteiger partial charge on any atom is -0.496 e. The summed E-state index contributed by atoms with van der Waals surface area (Å²) < 4.78 is 17.2. The minimum absolute atomic E-state index is 0.0222. The quantitative estimate of drug-likeness (QED) is 0.108. The highest BCUT2D eigenvalue weighted by Crippen LogP contribution is 2.36. The van der Waals surface area contributed by atoms with Gasteiger partial charge in [0.25, 0.3) is 11.8 Å². The van der Waals surface area contributed by atoms with Crippen LogP contribution in [0, 0.1) is 0 Å². The van der Waals surface area contributed by atoms with Crippen LogP contribution >= 0.6 is 27.7 Å². The summed E-state index contributed by atoms with van der Waals surface area (Å²) in [5.41, 5.74) is 2.05. The van der Waals surface area contributed by atoms with Crippen LogP contribution in [0.15, 0.2) is 106 Å². The summed E-state index contributed by atoms with van der Waals surface area (Å²) in [5, 5.41) is 8.10. The van der Waals surface area contributed by atoms with E-state index in [2.05, 4.69) is 31.9 Å². The van der Waals surface area contributed by atoms with E-state index in [1.54, 1.807) is 54.6 Å². The molecule has 11 heteroatoms. The molecule has 0 radical (unpaired) electrons. The number of rotatable bonds is 12. The van der Waals surface area contributed by atoms with Gasteiger partial charge in [0.05, 0.1) is 26.6 Å². The molecule has 0 aromatic heterocycles. The lowest BCUT2D eigenvalue weighted by Gasteiger charge is -2.15. The number of carbonyl (C=O) groups excluding carboxylic acids is 3. The highest BCUT2D eigenvalue weighted by Gasteiger charge is 2.19. The second-order valence-electron chi connectivity index (χ2n) is 9.56. The number of anilines is 2. The fourth-order valence-corrected chi connectivity index (χ4v) is 5.25. The molecule has 0 saturated heterocycles. The topological polar surface area (TPSA) is 115 Å². The second kappa shape index (κ2) is 15.8. The lowest BCUT2D eigenvalue weighted by Crippen LogP contribution is -2.30. The van der Waals surface area contributed by atoms with E-state index in [9.17, 15) is 14.4 Å². The Hall–Kier alpha value is -4.74. The maximum atomic E-state index is 13.6. The molecular formula is C34H32BrN3O6S. The maximum Gasteiger partial charge on any atom is 0.272 e. The first-order chi connectivity index (χ1) is 21.7. The summed E-state index contributed by atoms with van der Waals surface area (Å²) in [6.07, 6.45) is 1.51. The molecule has 0 saturated carbocycles. The number of benzene rings is 4. The number of hydrogen-bond acceptors (Lipinski definition) is 7. The molecule has 0 aliphatic rings. The molecule has 0 spiro atoms. The van der Waals surface area contributed by atoms with E-state index < -0.39 is 11.8 Å². The van der Waals surface area contributed by atoms with E-state index in [1.807, 2.05) is 43.3 Å². The van der Waals surface area contributed by atoms with Crippen molar-refractivity contribution in [3.63, 3.8) is 0 Å². The lowest BCUT2D eigenvalue weighted by molar-refractivity contribution is -0.115. The van der Waals surface area contributed by atoms with Crippen LogP contribution in [0.3, 0.4) is 0 Å². The van der Waals surface area contributed by atoms with E-state index in [1.165, 1.54) is 39.2 Å². The number of nitrogens with one attached hydrogen (secondary N) is 3. The predicted molar refractivity (Wildman–Crippen MR) is 181 cm³/mol. The van der Waals surface area contributed by atoms with Gasteiger partial charge >= 0.3 is 0 Å². The van der Waals surface area contributed by atoms with E-state index in [4.69, 9.17) is 14.2 Å². The summed E-state index contributed by atoms with van der Waals surface area (Å²) in [7, 11) is 4.50. The van der Waals surface area contributed by atoms with Gasteiger partial charge in [-0.25, -0.2) is 0 Å². The number of amides is 3. The Morgan fingerprint density at radius 2 is 1.33 bits per heavy atom. The average Bonchev–Trinajstić information content (AvgIpc) is 3.06. The number of carbonyl (C=O) groups is 3. The van der Waals surface area contributed by atoms with E-state index in [-0.39, 0.29) is 16.9 Å². The molecule has 0 heterocycles. The number of hydrogen-bond donors (Lipinski definition) is 3. The molecule has 3 amide bonds. The fourth-order valence-electron chi connectivity index (χ4n) is 4.11. The standard InChI is InChI=1S/C34H32BrN3O6S/c1-21(32(39)36-25-12-10-24(35)11-13-25)45-27-16-14-26(15-17-27)37-34(41)28(38-33(40)22-8-6-5-7-9-22)18-23-19-30(43-3)31(44-4)20-29(23)42-2/h5-21H,1-4H3,(H,36,39)(H,37,41)(H,38,40)/b28-18-. The second-order valence-corrected chi connectivity index (χ2v) is 11.9. The Kier molecular flexibility index (Phi) is 11.7. The molecule has 4 aromatic rings. The molecule has 232 valence electrons. The molecule has 0 bridgehead atoms. The van der Waals surface area contributed by atoms with Crippen LogP contribution in [0.4, 0.5) is 11.4 Å². The summed E-state index contributed by atoms with van der Waals surface area (Å²) in [4.78, 5) is 40.2. The Bertz CT molecular complexity index is 1680. The van der Waals surface area contributed by atoms with Crippen molar-refractivity contribution in [3.05, 3.63) is 112 Å². The third-order valence-electron chi connectivity index (χ3n) is 6.47. The molecule has 9 nitrogen and oxygen atoms in total. The molecule has 4 rings (SSSR count). The maximum absolute atomic E-state index is 13.6. The van der Waals surface area contributed by atoms with Crippen LogP contribution in [-0.2, 0) is 9.59 Å². The molecular weight excluding hydrogens is 658 g/mol. The zero-order valence-corrected chi connectivity index (χ0v) is 27.5. The van der Waals surface area contributed by atoms with Crippen molar-refractivity contribution in [3.8, 4) is 17.2 Å². The van der Waals surface area contributed by atoms with Crippen LogP contribution in [0.5, 0.6) is 17.2 Å². The van der Waals surface area contributed by atoms with Gasteiger partial charge in [0.2, 0.25) is 5.91 Å². The average molecular weight is 691 g/mol. The minimum atomic E-state index is -0.557. The number of ether oxygens (including phenoxy) is 3. The summed E-state index contributed by atoms with van der Waals surface area (Å²) in [5.74, 6) is 0.133. The van der Waals surface area contributed by atoms with Crippen molar-refractivity contribution in [2.24, 2.45) is 0 Å². The summed E-state index contributed by atoms with van der Waals surface area (Å²) in [6.45, 7) is 1.82. The molecule has 0 aliphatic carbocycles. The van der Waals surface area contributed by atoms with Crippen molar-refractivity contribution in [2.75, 3.05) is 32.0 Å². The van der Waals surface area contributed by atoms with E-state index >= 15 is 0 Å². The Morgan fingerprint density at radius 3 is 1.96 bits per heavy atom. The van der Waals surface area contributed by atoms with Gasteiger partial charge in [-0.3, -0.25) is 14.4 Å². The summed E-state index contributed by atoms with van der Waals surface area (Å²) in [6, 6.07) is 26.3. The Morgan fingerprint density at radius 1 is 0.756 bits per heavy atom. The van der Waals surface area contributed by atoms with Crippen LogP contribution in [-0.4, -0.2) is 44.3 Å². The molecule has 3 N–H and O–H groups in total. The van der Waals surface area contributed by atoms with Gasteiger partial charge in [-0.2, -0.15) is 0 Å². The molecule has 0 aliphatic heterocycles. The third-order valence-corrected chi connectivity index (χ3v) is 8.11. The van der Waals surface area contributed by atoms with Gasteiger partial charge in [0.1, 0.15) is 11.4 Å². The van der Waals surface area contributed by atoms with E-state index in [0.29, 0.717) is 39.8 Å². The number of halogens is 1. The highest BCUT2D eigenvalue weighted by molar-refractivity contribution is 9.10. The fraction of sp³-hybridized carbons (Fsp3) is 0.147.